The van der Waals surface area contributed by atoms with E-state index >= 15 is 0 Å². The molecule has 0 unspecified atom stereocenters. The number of ether oxygens (including phenoxy) is 1. The number of rotatable bonds is 3. The van der Waals surface area contributed by atoms with Crippen LogP contribution >= 0.6 is 27.5 Å². The Hall–Kier alpha value is -1.17. The smallest absolute Gasteiger partial charge is 0.219 e. The van der Waals surface area contributed by atoms with Crippen molar-refractivity contribution < 1.29 is 9.13 Å². The van der Waals surface area contributed by atoms with Gasteiger partial charge in [-0.1, -0.05) is 17.7 Å². The monoisotopic (exact) mass is 330 g/mol. The second-order valence-corrected chi connectivity index (χ2v) is 4.73. The Morgan fingerprint density at radius 3 is 2.89 bits per heavy atom. The first-order valence-corrected chi connectivity index (χ1v) is 6.25. The molecule has 1 heterocycles. The molecule has 0 bridgehead atoms. The summed E-state index contributed by atoms with van der Waals surface area (Å²) < 4.78 is 19.4. The Balaban J connectivity index is 2.30. The zero-order valence-electron chi connectivity index (χ0n) is 9.16. The fraction of sp³-hybridized carbons (Fsp3) is 0.0833. The van der Waals surface area contributed by atoms with Gasteiger partial charge in [0.05, 0.1) is 15.2 Å². The van der Waals surface area contributed by atoms with Crippen LogP contribution in [0.3, 0.4) is 0 Å². The lowest BCUT2D eigenvalue weighted by atomic mass is 10.3. The molecular weight excluding hydrogens is 322 g/mol. The molecule has 0 spiro atoms. The molecule has 18 heavy (non-hydrogen) atoms. The van der Waals surface area contributed by atoms with Gasteiger partial charge in [-0.25, -0.2) is 9.37 Å². The lowest BCUT2D eigenvalue weighted by Gasteiger charge is -2.08. The van der Waals surface area contributed by atoms with Crippen molar-refractivity contribution in [1.82, 2.24) is 4.98 Å². The predicted octanol–water partition coefficient (Wildman–Crippen LogP) is 3.89. The summed E-state index contributed by atoms with van der Waals surface area (Å²) in [6.45, 7) is 0.313. The molecule has 0 atom stereocenters. The highest BCUT2D eigenvalue weighted by Crippen LogP contribution is 2.33. The topological polar surface area (TPSA) is 48.1 Å². The molecule has 0 aliphatic heterocycles. The molecule has 0 saturated carbocycles. The lowest BCUT2D eigenvalue weighted by Crippen LogP contribution is -2.00. The van der Waals surface area contributed by atoms with Crippen LogP contribution in [0, 0.1) is 5.82 Å². The normalized spacial score (nSPS) is 10.4. The van der Waals surface area contributed by atoms with Gasteiger partial charge in [0, 0.05) is 18.7 Å². The Morgan fingerprint density at radius 2 is 2.17 bits per heavy atom. The van der Waals surface area contributed by atoms with Gasteiger partial charge in [0.15, 0.2) is 0 Å². The van der Waals surface area contributed by atoms with Gasteiger partial charge in [-0.3, -0.25) is 0 Å². The van der Waals surface area contributed by atoms with Gasteiger partial charge in [-0.2, -0.15) is 0 Å². The number of aromatic nitrogens is 1. The van der Waals surface area contributed by atoms with E-state index in [0.29, 0.717) is 28.3 Å². The Bertz CT molecular complexity index is 580. The molecule has 2 N–H and O–H groups in total. The zero-order chi connectivity index (χ0) is 13.1. The maximum Gasteiger partial charge on any atom is 0.219 e. The van der Waals surface area contributed by atoms with Gasteiger partial charge >= 0.3 is 0 Å². The molecule has 1 aromatic carbocycles. The fourth-order valence-corrected chi connectivity index (χ4v) is 2.04. The number of nitrogens with two attached hydrogens (primary N) is 1. The first-order valence-electron chi connectivity index (χ1n) is 5.08. The van der Waals surface area contributed by atoms with Gasteiger partial charge in [-0.15, -0.1) is 0 Å². The van der Waals surface area contributed by atoms with E-state index in [1.54, 1.807) is 18.2 Å². The lowest BCUT2D eigenvalue weighted by molar-refractivity contribution is 0.453. The molecule has 0 aliphatic carbocycles. The Kier molecular flexibility index (Phi) is 4.16. The highest BCUT2D eigenvalue weighted by molar-refractivity contribution is 9.10. The highest BCUT2D eigenvalue weighted by Gasteiger charge is 2.09. The van der Waals surface area contributed by atoms with Crippen molar-refractivity contribution in [3.63, 3.8) is 0 Å². The van der Waals surface area contributed by atoms with Crippen LogP contribution in [0.2, 0.25) is 5.02 Å². The summed E-state index contributed by atoms with van der Waals surface area (Å²) in [5.41, 5.74) is 6.17. The zero-order valence-corrected chi connectivity index (χ0v) is 11.5. The molecule has 94 valence electrons. The molecule has 6 heteroatoms. The molecule has 0 saturated heterocycles. The van der Waals surface area contributed by atoms with Crippen molar-refractivity contribution in [3.8, 4) is 11.6 Å². The van der Waals surface area contributed by atoms with Crippen molar-refractivity contribution in [3.05, 3.63) is 51.3 Å². The number of pyridine rings is 1. The van der Waals surface area contributed by atoms with E-state index in [2.05, 4.69) is 20.9 Å². The fourth-order valence-electron chi connectivity index (χ4n) is 1.32. The van der Waals surface area contributed by atoms with Crippen molar-refractivity contribution in [2.24, 2.45) is 5.73 Å². The highest BCUT2D eigenvalue weighted by atomic mass is 79.9. The summed E-state index contributed by atoms with van der Waals surface area (Å²) in [4.78, 5) is 4.16. The van der Waals surface area contributed by atoms with Gasteiger partial charge in [-0.05, 0) is 28.1 Å². The third-order valence-corrected chi connectivity index (χ3v) is 3.09. The number of hydrogen-bond acceptors (Lipinski definition) is 3. The minimum atomic E-state index is -0.551. The largest absolute Gasteiger partial charge is 0.438 e. The average molecular weight is 332 g/mol. The maximum absolute atomic E-state index is 13.3. The summed E-state index contributed by atoms with van der Waals surface area (Å²) >= 11 is 8.89. The van der Waals surface area contributed by atoms with Crippen molar-refractivity contribution in [1.29, 1.82) is 0 Å². The maximum atomic E-state index is 13.3. The van der Waals surface area contributed by atoms with E-state index in [4.69, 9.17) is 22.1 Å². The van der Waals surface area contributed by atoms with Gasteiger partial charge in [0.1, 0.15) is 11.6 Å². The minimum Gasteiger partial charge on any atom is -0.438 e. The van der Waals surface area contributed by atoms with E-state index in [1.807, 2.05) is 0 Å². The number of benzene rings is 1. The van der Waals surface area contributed by atoms with Crippen LogP contribution in [-0.2, 0) is 6.54 Å². The van der Waals surface area contributed by atoms with E-state index < -0.39 is 5.82 Å². The first-order chi connectivity index (χ1) is 8.60. The summed E-state index contributed by atoms with van der Waals surface area (Å²) in [5.74, 6) is 0.101. The molecular formula is C12H9BrClFN2O. The molecule has 0 amide bonds. The van der Waals surface area contributed by atoms with Crippen LogP contribution < -0.4 is 10.5 Å². The van der Waals surface area contributed by atoms with Crippen LogP contribution in [0.25, 0.3) is 0 Å². The summed E-state index contributed by atoms with van der Waals surface area (Å²) in [6, 6.07) is 7.84. The number of halogens is 3. The van der Waals surface area contributed by atoms with Crippen LogP contribution in [0.5, 0.6) is 11.6 Å². The quantitative estimate of drug-likeness (QED) is 0.868. The Morgan fingerprint density at radius 1 is 1.39 bits per heavy atom. The van der Waals surface area contributed by atoms with Crippen molar-refractivity contribution in [2.45, 2.75) is 6.54 Å². The predicted molar refractivity (Wildman–Crippen MR) is 71.3 cm³/mol. The number of hydrogen-bond donors (Lipinski definition) is 1. The molecule has 0 aliphatic rings. The van der Waals surface area contributed by atoms with Gasteiger partial charge < -0.3 is 10.5 Å². The Labute approximate surface area is 117 Å². The SMILES string of the molecule is NCc1cccc(Oc2cc(F)c(Cl)cc2Br)n1. The van der Waals surface area contributed by atoms with E-state index in [0.717, 1.165) is 0 Å². The standard InChI is InChI=1S/C12H9BrClFN2O/c13-8-4-9(14)10(15)5-11(8)18-12-3-1-2-7(6-16)17-12/h1-5H,6,16H2. The van der Waals surface area contributed by atoms with Crippen LogP contribution in [-0.4, -0.2) is 4.98 Å². The van der Waals surface area contributed by atoms with E-state index in [9.17, 15) is 4.39 Å². The molecule has 2 aromatic rings. The second kappa shape index (κ2) is 5.65. The van der Waals surface area contributed by atoms with Crippen molar-refractivity contribution in [2.75, 3.05) is 0 Å². The van der Waals surface area contributed by atoms with Crippen LogP contribution in [0.4, 0.5) is 4.39 Å². The number of nitrogens with zero attached hydrogens (tertiary/aromatic N) is 1. The molecule has 1 aromatic heterocycles. The van der Waals surface area contributed by atoms with Crippen molar-refractivity contribution >= 4 is 27.5 Å². The summed E-state index contributed by atoms with van der Waals surface area (Å²) in [7, 11) is 0. The molecule has 3 nitrogen and oxygen atoms in total. The average Bonchev–Trinajstić information content (AvgIpc) is 2.36. The minimum absolute atomic E-state index is 0.0258. The molecule has 2 rings (SSSR count). The van der Waals surface area contributed by atoms with E-state index in [1.165, 1.54) is 12.1 Å². The first kappa shape index (κ1) is 13.3. The second-order valence-electron chi connectivity index (χ2n) is 3.47. The van der Waals surface area contributed by atoms with Crippen LogP contribution in [0.1, 0.15) is 5.69 Å². The van der Waals surface area contributed by atoms with Gasteiger partial charge in [0.2, 0.25) is 5.88 Å². The van der Waals surface area contributed by atoms with Gasteiger partial charge in [0.25, 0.3) is 0 Å². The van der Waals surface area contributed by atoms with Crippen LogP contribution in [0.15, 0.2) is 34.8 Å². The molecule has 0 fully saturated rings. The summed E-state index contributed by atoms with van der Waals surface area (Å²) in [5, 5.41) is 0.0258. The van der Waals surface area contributed by atoms with E-state index in [-0.39, 0.29) is 5.02 Å². The summed E-state index contributed by atoms with van der Waals surface area (Å²) in [6.07, 6.45) is 0. The molecule has 0 radical (unpaired) electrons. The third kappa shape index (κ3) is 2.98. The third-order valence-electron chi connectivity index (χ3n) is 2.18.